The van der Waals surface area contributed by atoms with Gasteiger partial charge < -0.3 is 5.73 Å². The molecular weight excluding hydrogens is 246 g/mol. The maximum absolute atomic E-state index is 12.4. The van der Waals surface area contributed by atoms with Crippen molar-refractivity contribution in [3.8, 4) is 0 Å². The van der Waals surface area contributed by atoms with Crippen LogP contribution in [0, 0.1) is 6.92 Å². The van der Waals surface area contributed by atoms with Crippen LogP contribution in [0.25, 0.3) is 0 Å². The average Bonchev–Trinajstić information content (AvgIpc) is 2.40. The topological polar surface area (TPSA) is 43.1 Å². The molecular formula is C18H19NO. The van der Waals surface area contributed by atoms with Crippen LogP contribution in [0.15, 0.2) is 42.5 Å². The smallest absolute Gasteiger partial charge is 0.193 e. The Hall–Kier alpha value is -2.09. The summed E-state index contributed by atoms with van der Waals surface area (Å²) in [5, 5.41) is 0. The zero-order valence-electron chi connectivity index (χ0n) is 11.7. The molecule has 0 saturated heterocycles. The number of carbonyl (C=O) groups excluding carboxylic acids is 1. The summed E-state index contributed by atoms with van der Waals surface area (Å²) in [6, 6.07) is 13.6. The Labute approximate surface area is 119 Å². The standard InChI is InChI=1S/C18H19NO/c1-12-5-6-16(11-17(12)19)18(20)15-9-7-14(8-10-15)13-3-2-4-13/h5-11,13H,2-4,19H2,1H3. The molecule has 1 aliphatic rings. The highest BCUT2D eigenvalue weighted by atomic mass is 16.1. The number of rotatable bonds is 3. The van der Waals surface area contributed by atoms with Gasteiger partial charge in [-0.2, -0.15) is 0 Å². The van der Waals surface area contributed by atoms with Crippen LogP contribution >= 0.6 is 0 Å². The zero-order valence-corrected chi connectivity index (χ0v) is 11.7. The number of benzene rings is 2. The molecule has 102 valence electrons. The summed E-state index contributed by atoms with van der Waals surface area (Å²) >= 11 is 0. The molecule has 0 heterocycles. The molecule has 0 aromatic heterocycles. The number of ketones is 1. The predicted octanol–water partition coefficient (Wildman–Crippen LogP) is 4.08. The van der Waals surface area contributed by atoms with E-state index in [1.165, 1.54) is 24.8 Å². The number of carbonyl (C=O) groups is 1. The SMILES string of the molecule is Cc1ccc(C(=O)c2ccc(C3CCC3)cc2)cc1N. The number of aryl methyl sites for hydroxylation is 1. The minimum atomic E-state index is 0.0388. The van der Waals surface area contributed by atoms with Crippen molar-refractivity contribution in [2.24, 2.45) is 0 Å². The average molecular weight is 265 g/mol. The summed E-state index contributed by atoms with van der Waals surface area (Å²) < 4.78 is 0. The van der Waals surface area contributed by atoms with Gasteiger partial charge in [-0.3, -0.25) is 4.79 Å². The van der Waals surface area contributed by atoms with Crippen LogP contribution in [0.5, 0.6) is 0 Å². The molecule has 0 amide bonds. The maximum atomic E-state index is 12.4. The van der Waals surface area contributed by atoms with E-state index in [1.54, 1.807) is 6.07 Å². The molecule has 0 atom stereocenters. The van der Waals surface area contributed by atoms with Crippen molar-refractivity contribution in [1.29, 1.82) is 0 Å². The molecule has 2 aromatic carbocycles. The van der Waals surface area contributed by atoms with Gasteiger partial charge in [0.05, 0.1) is 0 Å². The summed E-state index contributed by atoms with van der Waals surface area (Å²) in [6.45, 7) is 1.94. The van der Waals surface area contributed by atoms with E-state index < -0.39 is 0 Å². The van der Waals surface area contributed by atoms with Crippen LogP contribution in [0.4, 0.5) is 5.69 Å². The Morgan fingerprint density at radius 1 is 1.05 bits per heavy atom. The molecule has 0 unspecified atom stereocenters. The summed E-state index contributed by atoms with van der Waals surface area (Å²) in [4.78, 5) is 12.4. The normalized spacial score (nSPS) is 14.8. The van der Waals surface area contributed by atoms with Crippen molar-refractivity contribution >= 4 is 11.5 Å². The van der Waals surface area contributed by atoms with E-state index in [0.29, 0.717) is 17.2 Å². The van der Waals surface area contributed by atoms with Gasteiger partial charge in [0.2, 0.25) is 0 Å². The van der Waals surface area contributed by atoms with Crippen LogP contribution in [-0.2, 0) is 0 Å². The van der Waals surface area contributed by atoms with E-state index in [9.17, 15) is 4.79 Å². The number of nitrogens with two attached hydrogens (primary N) is 1. The fourth-order valence-electron chi connectivity index (χ4n) is 2.60. The van der Waals surface area contributed by atoms with E-state index in [2.05, 4.69) is 12.1 Å². The van der Waals surface area contributed by atoms with Crippen molar-refractivity contribution in [3.63, 3.8) is 0 Å². The molecule has 1 aliphatic carbocycles. The van der Waals surface area contributed by atoms with Crippen molar-refractivity contribution in [1.82, 2.24) is 0 Å². The maximum Gasteiger partial charge on any atom is 0.193 e. The Bertz CT molecular complexity index is 639. The third-order valence-electron chi connectivity index (χ3n) is 4.29. The highest BCUT2D eigenvalue weighted by molar-refractivity contribution is 6.09. The third-order valence-corrected chi connectivity index (χ3v) is 4.29. The molecule has 20 heavy (non-hydrogen) atoms. The largest absolute Gasteiger partial charge is 0.398 e. The number of hydrogen-bond donors (Lipinski definition) is 1. The van der Waals surface area contributed by atoms with Gasteiger partial charge >= 0.3 is 0 Å². The Morgan fingerprint density at radius 2 is 1.70 bits per heavy atom. The Morgan fingerprint density at radius 3 is 2.25 bits per heavy atom. The van der Waals surface area contributed by atoms with Crippen LogP contribution in [0.1, 0.15) is 52.2 Å². The number of hydrogen-bond acceptors (Lipinski definition) is 2. The second-order valence-corrected chi connectivity index (χ2v) is 5.65. The van der Waals surface area contributed by atoms with Crippen LogP contribution < -0.4 is 5.73 Å². The second kappa shape index (κ2) is 5.12. The molecule has 1 saturated carbocycles. The van der Waals surface area contributed by atoms with E-state index >= 15 is 0 Å². The van der Waals surface area contributed by atoms with Gasteiger partial charge in [0.15, 0.2) is 5.78 Å². The van der Waals surface area contributed by atoms with Gasteiger partial charge in [-0.05, 0) is 42.9 Å². The summed E-state index contributed by atoms with van der Waals surface area (Å²) in [5.41, 5.74) is 10.3. The van der Waals surface area contributed by atoms with E-state index in [-0.39, 0.29) is 5.78 Å². The molecule has 0 radical (unpaired) electrons. The van der Waals surface area contributed by atoms with Crippen LogP contribution in [0.3, 0.4) is 0 Å². The van der Waals surface area contributed by atoms with Gasteiger partial charge in [0.1, 0.15) is 0 Å². The monoisotopic (exact) mass is 265 g/mol. The van der Waals surface area contributed by atoms with Crippen molar-refractivity contribution in [2.45, 2.75) is 32.1 Å². The quantitative estimate of drug-likeness (QED) is 0.671. The van der Waals surface area contributed by atoms with Gasteiger partial charge in [-0.25, -0.2) is 0 Å². The summed E-state index contributed by atoms with van der Waals surface area (Å²) in [7, 11) is 0. The van der Waals surface area contributed by atoms with E-state index in [0.717, 1.165) is 11.1 Å². The van der Waals surface area contributed by atoms with Crippen molar-refractivity contribution in [3.05, 3.63) is 64.7 Å². The van der Waals surface area contributed by atoms with Crippen molar-refractivity contribution in [2.75, 3.05) is 5.73 Å². The molecule has 1 fully saturated rings. The summed E-state index contributed by atoms with van der Waals surface area (Å²) in [5.74, 6) is 0.742. The summed E-state index contributed by atoms with van der Waals surface area (Å²) in [6.07, 6.45) is 3.89. The molecule has 0 bridgehead atoms. The lowest BCUT2D eigenvalue weighted by Crippen LogP contribution is -2.09. The minimum absolute atomic E-state index is 0.0388. The fourth-order valence-corrected chi connectivity index (χ4v) is 2.60. The molecule has 2 aromatic rings. The highest BCUT2D eigenvalue weighted by Crippen LogP contribution is 2.36. The van der Waals surface area contributed by atoms with Gasteiger partial charge in [0.25, 0.3) is 0 Å². The van der Waals surface area contributed by atoms with Gasteiger partial charge in [-0.15, -0.1) is 0 Å². The van der Waals surface area contributed by atoms with Gasteiger partial charge in [-0.1, -0.05) is 42.8 Å². The van der Waals surface area contributed by atoms with E-state index in [1.807, 2.05) is 31.2 Å². The second-order valence-electron chi connectivity index (χ2n) is 5.65. The lowest BCUT2D eigenvalue weighted by atomic mass is 9.80. The molecule has 2 nitrogen and oxygen atoms in total. The predicted molar refractivity (Wildman–Crippen MR) is 82.1 cm³/mol. The van der Waals surface area contributed by atoms with Crippen LogP contribution in [-0.4, -0.2) is 5.78 Å². The third kappa shape index (κ3) is 2.34. The lowest BCUT2D eigenvalue weighted by molar-refractivity contribution is 0.103. The van der Waals surface area contributed by atoms with Gasteiger partial charge in [0, 0.05) is 16.8 Å². The molecule has 0 aliphatic heterocycles. The molecule has 2 heteroatoms. The number of nitrogen functional groups attached to an aromatic ring is 1. The highest BCUT2D eigenvalue weighted by Gasteiger charge is 2.19. The lowest BCUT2D eigenvalue weighted by Gasteiger charge is -2.25. The molecule has 0 spiro atoms. The van der Waals surface area contributed by atoms with Crippen LogP contribution in [0.2, 0.25) is 0 Å². The first-order valence-electron chi connectivity index (χ1n) is 7.16. The Kier molecular flexibility index (Phi) is 3.31. The molecule has 2 N–H and O–H groups in total. The first-order chi connectivity index (χ1) is 9.65. The Balaban J connectivity index is 1.84. The van der Waals surface area contributed by atoms with E-state index in [4.69, 9.17) is 5.73 Å². The molecule has 3 rings (SSSR count). The fraction of sp³-hybridized carbons (Fsp3) is 0.278. The minimum Gasteiger partial charge on any atom is -0.398 e. The van der Waals surface area contributed by atoms with Crippen molar-refractivity contribution < 1.29 is 4.79 Å². The zero-order chi connectivity index (χ0) is 14.1. The number of anilines is 1. The first-order valence-corrected chi connectivity index (χ1v) is 7.16. The first kappa shape index (κ1) is 12.9.